The molecule has 0 unspecified atom stereocenters. The molecule has 0 aliphatic carbocycles. The molecule has 0 heterocycles. The summed E-state index contributed by atoms with van der Waals surface area (Å²) in [5, 5.41) is 3.00. The second kappa shape index (κ2) is 8.87. The normalized spacial score (nSPS) is 12.4. The molecule has 1 rings (SSSR count). The number of hydrogen-bond donors (Lipinski definition) is 2. The lowest BCUT2D eigenvalue weighted by Crippen LogP contribution is -2.41. The lowest BCUT2D eigenvalue weighted by Gasteiger charge is -2.22. The Morgan fingerprint density at radius 1 is 1.40 bits per heavy atom. The molecule has 1 aromatic carbocycles. The number of ether oxygens (including phenoxy) is 1. The average molecular weight is 365 g/mol. The van der Waals surface area contributed by atoms with Gasteiger partial charge >= 0.3 is 5.97 Å². The van der Waals surface area contributed by atoms with E-state index in [0.29, 0.717) is 11.3 Å². The van der Waals surface area contributed by atoms with Gasteiger partial charge in [0.2, 0.25) is 0 Å². The third-order valence-electron chi connectivity index (χ3n) is 3.06. The first-order chi connectivity index (χ1) is 11.6. The molecule has 0 spiro atoms. The van der Waals surface area contributed by atoms with E-state index in [2.05, 4.69) is 38.4 Å². The van der Waals surface area contributed by atoms with Crippen LogP contribution in [-0.2, 0) is 4.74 Å². The third-order valence-corrected chi connectivity index (χ3v) is 4.34. The number of halogens is 1. The van der Waals surface area contributed by atoms with Gasteiger partial charge in [0.05, 0.1) is 29.0 Å². The Hall–Kier alpha value is -2.05. The van der Waals surface area contributed by atoms with E-state index in [1.165, 1.54) is 7.11 Å². The van der Waals surface area contributed by atoms with Gasteiger partial charge < -0.3 is 15.8 Å². The molecule has 1 aromatic rings. The van der Waals surface area contributed by atoms with Crippen molar-refractivity contribution in [2.24, 2.45) is 0 Å². The van der Waals surface area contributed by atoms with Crippen LogP contribution in [0.4, 0.5) is 15.8 Å². The minimum absolute atomic E-state index is 0.127. The van der Waals surface area contributed by atoms with Crippen LogP contribution in [0, 0.1) is 0 Å². The Morgan fingerprint density at radius 3 is 2.52 bits per heavy atom. The zero-order valence-electron chi connectivity index (χ0n) is 15.4. The summed E-state index contributed by atoms with van der Waals surface area (Å²) in [6, 6.07) is 3.38. The van der Waals surface area contributed by atoms with Crippen molar-refractivity contribution >= 4 is 29.1 Å². The standard InChI is InChI=1S/C19H25FN2O2S/c1-7-8-9-15(12(2)20)22-16-13(18(23)24-6)10-11-14(21)17(16)25-19(3,4)5/h7-11,22H,2,21H2,1,3-6H3/p+1. The van der Waals surface area contributed by atoms with E-state index in [-0.39, 0.29) is 10.4 Å². The molecule has 0 amide bonds. The topological polar surface area (TPSA) is 66.0 Å². The Bertz CT molecular complexity index is 719. The van der Waals surface area contributed by atoms with Crippen LogP contribution in [0.3, 0.4) is 0 Å². The predicted molar refractivity (Wildman–Crippen MR) is 103 cm³/mol. The van der Waals surface area contributed by atoms with Gasteiger partial charge in [0, 0.05) is 10.8 Å². The van der Waals surface area contributed by atoms with Crippen molar-refractivity contribution in [1.82, 2.24) is 0 Å². The molecule has 4 N–H and O–H groups in total. The number of anilines is 1. The first kappa shape index (κ1) is 21.0. The molecule has 0 fully saturated rings. The fraction of sp³-hybridized carbons (Fsp3) is 0.316. The molecule has 136 valence electrons. The number of esters is 1. The van der Waals surface area contributed by atoms with E-state index in [4.69, 9.17) is 4.74 Å². The molecule has 0 aromatic heterocycles. The smallest absolute Gasteiger partial charge is 0.340 e. The lowest BCUT2D eigenvalue weighted by molar-refractivity contribution is -0.258. The summed E-state index contributed by atoms with van der Waals surface area (Å²) < 4.78 is 18.6. The first-order valence-electron chi connectivity index (χ1n) is 7.81. The highest BCUT2D eigenvalue weighted by Gasteiger charge is 2.25. The maximum absolute atomic E-state index is 13.9. The van der Waals surface area contributed by atoms with Gasteiger partial charge in [0.15, 0.2) is 0 Å². The van der Waals surface area contributed by atoms with Crippen LogP contribution in [0.25, 0.3) is 0 Å². The molecule has 4 nitrogen and oxygen atoms in total. The maximum Gasteiger partial charge on any atom is 0.340 e. The van der Waals surface area contributed by atoms with Crippen molar-refractivity contribution in [3.63, 3.8) is 0 Å². The summed E-state index contributed by atoms with van der Waals surface area (Å²) in [5.41, 5.74) is 5.74. The van der Waals surface area contributed by atoms with E-state index in [0.717, 1.165) is 10.6 Å². The monoisotopic (exact) mass is 365 g/mol. The second-order valence-electron chi connectivity index (χ2n) is 6.32. The average Bonchev–Trinajstić information content (AvgIpc) is 2.52. The molecule has 0 aliphatic rings. The molecule has 0 saturated heterocycles. The summed E-state index contributed by atoms with van der Waals surface area (Å²) in [6.45, 7) is 11.3. The number of thioether (sulfide) groups is 1. The number of methoxy groups -OCH3 is 1. The second-order valence-corrected chi connectivity index (χ2v) is 8.16. The SMILES string of the molecule is C=C(F)C(=CC=CC)Nc1c(C(=O)OC)ccc([NH3+])c1SC(C)(C)C. The number of carbonyl (C=O) groups is 1. The van der Waals surface area contributed by atoms with Crippen molar-refractivity contribution in [1.29, 1.82) is 0 Å². The fourth-order valence-electron chi connectivity index (χ4n) is 1.98. The molecular weight excluding hydrogens is 339 g/mol. The number of quaternary nitrogens is 1. The number of benzene rings is 1. The highest BCUT2D eigenvalue weighted by molar-refractivity contribution is 8.00. The summed E-state index contributed by atoms with van der Waals surface area (Å²) >= 11 is 1.54. The highest BCUT2D eigenvalue weighted by atomic mass is 32.2. The summed E-state index contributed by atoms with van der Waals surface area (Å²) in [5.74, 6) is -1.14. The van der Waals surface area contributed by atoms with Gasteiger partial charge in [-0.05, 0) is 19.1 Å². The van der Waals surface area contributed by atoms with E-state index >= 15 is 0 Å². The predicted octanol–water partition coefficient (Wildman–Crippen LogP) is 4.59. The number of carbonyl (C=O) groups excluding carboxylic acids is 1. The Kier molecular flexibility index (Phi) is 7.45. The van der Waals surface area contributed by atoms with Crippen molar-refractivity contribution < 1.29 is 19.7 Å². The summed E-state index contributed by atoms with van der Waals surface area (Å²) in [7, 11) is 1.31. The third kappa shape index (κ3) is 6.07. The molecule has 0 bridgehead atoms. The van der Waals surface area contributed by atoms with Crippen LogP contribution in [-0.4, -0.2) is 17.8 Å². The van der Waals surface area contributed by atoms with Gasteiger partial charge in [0.1, 0.15) is 11.5 Å². The zero-order chi connectivity index (χ0) is 19.2. The number of allylic oxidation sites excluding steroid dienone is 4. The number of rotatable bonds is 6. The Labute approximate surface area is 153 Å². The highest BCUT2D eigenvalue weighted by Crippen LogP contribution is 2.42. The van der Waals surface area contributed by atoms with Gasteiger partial charge in [-0.15, -0.1) is 11.8 Å². The van der Waals surface area contributed by atoms with Crippen LogP contribution < -0.4 is 11.1 Å². The van der Waals surface area contributed by atoms with E-state index in [9.17, 15) is 9.18 Å². The zero-order valence-corrected chi connectivity index (χ0v) is 16.2. The van der Waals surface area contributed by atoms with Crippen LogP contribution >= 0.6 is 11.8 Å². The van der Waals surface area contributed by atoms with Gasteiger partial charge in [0.25, 0.3) is 0 Å². The fourth-order valence-corrected chi connectivity index (χ4v) is 3.05. The molecule has 0 atom stereocenters. The van der Waals surface area contributed by atoms with E-state index in [1.54, 1.807) is 42.1 Å². The minimum Gasteiger partial charge on any atom is -0.465 e. The molecule has 0 aliphatic heterocycles. The minimum atomic E-state index is -0.630. The quantitative estimate of drug-likeness (QED) is 0.439. The molecular formula is C19H26FN2O2S+. The molecule has 25 heavy (non-hydrogen) atoms. The number of hydrogen-bond acceptors (Lipinski definition) is 4. The summed E-state index contributed by atoms with van der Waals surface area (Å²) in [6.07, 6.45) is 5.02. The van der Waals surface area contributed by atoms with Crippen molar-refractivity contribution in [3.8, 4) is 0 Å². The lowest BCUT2D eigenvalue weighted by atomic mass is 10.1. The molecule has 6 heteroatoms. The van der Waals surface area contributed by atoms with Crippen molar-refractivity contribution in [3.05, 3.63) is 54.0 Å². The van der Waals surface area contributed by atoms with Gasteiger partial charge in [-0.3, -0.25) is 0 Å². The first-order valence-corrected chi connectivity index (χ1v) is 8.63. The Morgan fingerprint density at radius 2 is 2.04 bits per heavy atom. The molecule has 0 saturated carbocycles. The van der Waals surface area contributed by atoms with Gasteiger partial charge in [-0.2, -0.15) is 0 Å². The van der Waals surface area contributed by atoms with Crippen molar-refractivity contribution in [2.45, 2.75) is 37.3 Å². The largest absolute Gasteiger partial charge is 0.465 e. The van der Waals surface area contributed by atoms with Crippen LogP contribution in [0.1, 0.15) is 38.1 Å². The van der Waals surface area contributed by atoms with Gasteiger partial charge in [-0.1, -0.05) is 39.5 Å². The molecule has 0 radical (unpaired) electrons. The van der Waals surface area contributed by atoms with Crippen LogP contribution in [0.2, 0.25) is 0 Å². The Balaban J connectivity index is 3.58. The van der Waals surface area contributed by atoms with Crippen LogP contribution in [0.15, 0.2) is 53.4 Å². The van der Waals surface area contributed by atoms with E-state index < -0.39 is 11.8 Å². The summed E-state index contributed by atoms with van der Waals surface area (Å²) in [4.78, 5) is 13.0. The van der Waals surface area contributed by atoms with Gasteiger partial charge in [-0.25, -0.2) is 9.18 Å². The van der Waals surface area contributed by atoms with E-state index in [1.807, 2.05) is 6.92 Å². The van der Waals surface area contributed by atoms with Crippen molar-refractivity contribution in [2.75, 3.05) is 12.4 Å². The number of nitrogens with one attached hydrogen (secondary N) is 1. The van der Waals surface area contributed by atoms with Crippen LogP contribution in [0.5, 0.6) is 0 Å². The maximum atomic E-state index is 13.9.